The molecule has 2 rings (SSSR count). The highest BCUT2D eigenvalue weighted by Gasteiger charge is 2.14. The van der Waals surface area contributed by atoms with Gasteiger partial charge < -0.3 is 0 Å². The van der Waals surface area contributed by atoms with Gasteiger partial charge in [0.05, 0.1) is 10.0 Å². The molecular formula is C16H16Cl2. The van der Waals surface area contributed by atoms with Gasteiger partial charge in [-0.15, -0.1) is 0 Å². The number of aryl methyl sites for hydroxylation is 1. The fourth-order valence-electron chi connectivity index (χ4n) is 2.34. The first-order valence-corrected chi connectivity index (χ1v) is 6.89. The molecule has 0 aliphatic carbocycles. The van der Waals surface area contributed by atoms with Crippen molar-refractivity contribution in [2.24, 2.45) is 0 Å². The summed E-state index contributed by atoms with van der Waals surface area (Å²) in [7, 11) is 0. The Balaban J connectivity index is 2.45. The van der Waals surface area contributed by atoms with Crippen LogP contribution in [0, 0.1) is 6.92 Å². The molecule has 0 N–H and O–H groups in total. The van der Waals surface area contributed by atoms with Gasteiger partial charge in [0, 0.05) is 5.92 Å². The van der Waals surface area contributed by atoms with E-state index in [0.717, 1.165) is 6.42 Å². The topological polar surface area (TPSA) is 0 Å². The van der Waals surface area contributed by atoms with Crippen molar-refractivity contribution in [3.05, 3.63) is 69.2 Å². The van der Waals surface area contributed by atoms with Crippen LogP contribution in [0.2, 0.25) is 10.0 Å². The van der Waals surface area contributed by atoms with E-state index in [1.807, 2.05) is 12.1 Å². The Kier molecular flexibility index (Phi) is 4.31. The predicted molar refractivity (Wildman–Crippen MR) is 79.8 cm³/mol. The lowest BCUT2D eigenvalue weighted by Crippen LogP contribution is -2.01. The predicted octanol–water partition coefficient (Wildman–Crippen LogP) is 5.84. The van der Waals surface area contributed by atoms with Crippen molar-refractivity contribution in [3.63, 3.8) is 0 Å². The Morgan fingerprint density at radius 3 is 2.33 bits per heavy atom. The highest BCUT2D eigenvalue weighted by atomic mass is 35.5. The molecule has 2 aromatic rings. The smallest absolute Gasteiger partial charge is 0.0595 e. The third kappa shape index (κ3) is 2.71. The summed E-state index contributed by atoms with van der Waals surface area (Å²) >= 11 is 12.1. The molecule has 0 radical (unpaired) electrons. The average Bonchev–Trinajstić information content (AvgIpc) is 2.37. The van der Waals surface area contributed by atoms with Gasteiger partial charge in [-0.2, -0.15) is 0 Å². The van der Waals surface area contributed by atoms with E-state index in [-0.39, 0.29) is 0 Å². The fourth-order valence-corrected chi connectivity index (χ4v) is 2.65. The van der Waals surface area contributed by atoms with Crippen LogP contribution < -0.4 is 0 Å². The maximum absolute atomic E-state index is 6.11. The molecule has 0 nitrogen and oxygen atoms in total. The number of benzene rings is 2. The summed E-state index contributed by atoms with van der Waals surface area (Å²) in [6.07, 6.45) is 1.04. The van der Waals surface area contributed by atoms with Crippen LogP contribution in [0.5, 0.6) is 0 Å². The Labute approximate surface area is 119 Å². The molecule has 0 amide bonds. The second-order valence-electron chi connectivity index (χ2n) is 4.49. The molecule has 0 saturated carbocycles. The third-order valence-electron chi connectivity index (χ3n) is 3.32. The zero-order valence-corrected chi connectivity index (χ0v) is 12.1. The molecule has 2 aromatic carbocycles. The zero-order chi connectivity index (χ0) is 13.1. The molecule has 0 saturated heterocycles. The second-order valence-corrected chi connectivity index (χ2v) is 5.31. The lowest BCUT2D eigenvalue weighted by atomic mass is 9.87. The number of halogens is 2. The van der Waals surface area contributed by atoms with E-state index in [4.69, 9.17) is 23.2 Å². The summed E-state index contributed by atoms with van der Waals surface area (Å²) < 4.78 is 0. The Morgan fingerprint density at radius 1 is 1.00 bits per heavy atom. The van der Waals surface area contributed by atoms with Gasteiger partial charge in [0.15, 0.2) is 0 Å². The van der Waals surface area contributed by atoms with E-state index in [0.29, 0.717) is 16.0 Å². The summed E-state index contributed by atoms with van der Waals surface area (Å²) in [5, 5.41) is 1.24. The van der Waals surface area contributed by atoms with Crippen molar-refractivity contribution < 1.29 is 0 Å². The Bertz CT molecular complexity index is 547. The molecule has 0 aromatic heterocycles. The summed E-state index contributed by atoms with van der Waals surface area (Å²) in [4.78, 5) is 0. The van der Waals surface area contributed by atoms with Gasteiger partial charge in [0.1, 0.15) is 0 Å². The van der Waals surface area contributed by atoms with E-state index in [9.17, 15) is 0 Å². The molecule has 0 aliphatic heterocycles. The molecule has 0 fully saturated rings. The van der Waals surface area contributed by atoms with Gasteiger partial charge in [0.2, 0.25) is 0 Å². The van der Waals surface area contributed by atoms with Crippen LogP contribution in [0.1, 0.15) is 36.0 Å². The first-order valence-electron chi connectivity index (χ1n) is 6.14. The maximum atomic E-state index is 6.11. The van der Waals surface area contributed by atoms with Crippen LogP contribution >= 0.6 is 23.2 Å². The summed E-state index contributed by atoms with van der Waals surface area (Å²) in [5.41, 5.74) is 3.90. The van der Waals surface area contributed by atoms with Crippen molar-refractivity contribution >= 4 is 23.2 Å². The van der Waals surface area contributed by atoms with Crippen molar-refractivity contribution in [2.45, 2.75) is 26.2 Å². The standard InChI is InChI=1S/C16H16Cl2/c1-3-13(14-7-5-4-6-11(14)2)12-8-9-15(17)16(18)10-12/h4-10,13H,3H2,1-2H3/t13-/m1/s1. The zero-order valence-electron chi connectivity index (χ0n) is 10.6. The quantitative estimate of drug-likeness (QED) is 0.661. The van der Waals surface area contributed by atoms with E-state index < -0.39 is 0 Å². The normalized spacial score (nSPS) is 12.4. The number of hydrogen-bond donors (Lipinski definition) is 0. The van der Waals surface area contributed by atoms with Crippen molar-refractivity contribution in [2.75, 3.05) is 0 Å². The second kappa shape index (κ2) is 5.77. The summed E-state index contributed by atoms with van der Waals surface area (Å²) in [6, 6.07) is 14.4. The van der Waals surface area contributed by atoms with E-state index in [1.54, 1.807) is 0 Å². The molecule has 0 spiro atoms. The Hall–Kier alpha value is -0.980. The minimum Gasteiger partial charge on any atom is -0.0827 e. The molecule has 0 bridgehead atoms. The van der Waals surface area contributed by atoms with Crippen LogP contribution in [0.4, 0.5) is 0 Å². The maximum Gasteiger partial charge on any atom is 0.0595 e. The Morgan fingerprint density at radius 2 is 1.72 bits per heavy atom. The highest BCUT2D eigenvalue weighted by Crippen LogP contribution is 2.33. The first kappa shape index (κ1) is 13.5. The van der Waals surface area contributed by atoms with Gasteiger partial charge in [-0.25, -0.2) is 0 Å². The lowest BCUT2D eigenvalue weighted by molar-refractivity contribution is 0.771. The summed E-state index contributed by atoms with van der Waals surface area (Å²) in [6.45, 7) is 4.34. The lowest BCUT2D eigenvalue weighted by Gasteiger charge is -2.18. The summed E-state index contributed by atoms with van der Waals surface area (Å²) in [5.74, 6) is 0.376. The van der Waals surface area contributed by atoms with Gasteiger partial charge in [-0.05, 0) is 42.2 Å². The van der Waals surface area contributed by atoms with E-state index in [1.165, 1.54) is 16.7 Å². The molecular weight excluding hydrogens is 263 g/mol. The molecule has 0 unspecified atom stereocenters. The van der Waals surface area contributed by atoms with Crippen LogP contribution in [-0.2, 0) is 0 Å². The molecule has 94 valence electrons. The average molecular weight is 279 g/mol. The largest absolute Gasteiger partial charge is 0.0827 e. The van der Waals surface area contributed by atoms with Crippen LogP contribution in [-0.4, -0.2) is 0 Å². The minimum absolute atomic E-state index is 0.376. The number of rotatable bonds is 3. The van der Waals surface area contributed by atoms with Gasteiger partial charge >= 0.3 is 0 Å². The van der Waals surface area contributed by atoms with Crippen LogP contribution in [0.3, 0.4) is 0 Å². The first-order chi connectivity index (χ1) is 8.63. The SMILES string of the molecule is CC[C@H](c1ccc(Cl)c(Cl)c1)c1ccccc1C. The highest BCUT2D eigenvalue weighted by molar-refractivity contribution is 6.42. The molecule has 1 atom stereocenters. The van der Waals surface area contributed by atoms with Crippen molar-refractivity contribution in [1.82, 2.24) is 0 Å². The van der Waals surface area contributed by atoms with Gasteiger partial charge in [-0.3, -0.25) is 0 Å². The fraction of sp³-hybridized carbons (Fsp3) is 0.250. The molecule has 0 aliphatic rings. The van der Waals surface area contributed by atoms with E-state index >= 15 is 0 Å². The van der Waals surface area contributed by atoms with Crippen LogP contribution in [0.15, 0.2) is 42.5 Å². The van der Waals surface area contributed by atoms with E-state index in [2.05, 4.69) is 44.2 Å². The third-order valence-corrected chi connectivity index (χ3v) is 4.06. The monoisotopic (exact) mass is 278 g/mol. The number of hydrogen-bond acceptors (Lipinski definition) is 0. The minimum atomic E-state index is 0.376. The molecule has 18 heavy (non-hydrogen) atoms. The molecule has 2 heteroatoms. The molecule has 0 heterocycles. The van der Waals surface area contributed by atoms with Gasteiger partial charge in [0.25, 0.3) is 0 Å². The van der Waals surface area contributed by atoms with Crippen molar-refractivity contribution in [3.8, 4) is 0 Å². The van der Waals surface area contributed by atoms with Gasteiger partial charge in [-0.1, -0.05) is 60.5 Å². The van der Waals surface area contributed by atoms with Crippen molar-refractivity contribution in [1.29, 1.82) is 0 Å². The van der Waals surface area contributed by atoms with Crippen LogP contribution in [0.25, 0.3) is 0 Å².